The molecule has 1 heterocycles. The lowest BCUT2D eigenvalue weighted by Crippen LogP contribution is -2.19. The van der Waals surface area contributed by atoms with Crippen molar-refractivity contribution in [2.45, 2.75) is 25.2 Å². The van der Waals surface area contributed by atoms with E-state index in [2.05, 4.69) is 5.32 Å². The Hall–Kier alpha value is -2.56. The number of anilines is 1. The van der Waals surface area contributed by atoms with Crippen molar-refractivity contribution in [2.75, 3.05) is 5.32 Å². The van der Waals surface area contributed by atoms with Crippen LogP contribution in [0.25, 0.3) is 0 Å². The molecule has 5 nitrogen and oxygen atoms in total. The van der Waals surface area contributed by atoms with Gasteiger partial charge >= 0.3 is 5.97 Å². The lowest BCUT2D eigenvalue weighted by atomic mass is 9.96. The smallest absolute Gasteiger partial charge is 0.314 e. The van der Waals surface area contributed by atoms with Crippen LogP contribution in [-0.4, -0.2) is 17.0 Å². The fourth-order valence-electron chi connectivity index (χ4n) is 2.42. The van der Waals surface area contributed by atoms with Gasteiger partial charge in [0.25, 0.3) is 5.91 Å². The number of hydrogen-bond donors (Lipinski definition) is 2. The van der Waals surface area contributed by atoms with Gasteiger partial charge in [-0.05, 0) is 43.5 Å². The summed E-state index contributed by atoms with van der Waals surface area (Å²) in [6.45, 7) is 1.80. The molecule has 108 valence electrons. The number of carboxylic acid groups (broad SMARTS) is 1. The van der Waals surface area contributed by atoms with Gasteiger partial charge in [0.2, 0.25) is 0 Å². The van der Waals surface area contributed by atoms with E-state index in [1.165, 1.54) is 6.26 Å². The zero-order chi connectivity index (χ0) is 15.0. The van der Waals surface area contributed by atoms with Crippen molar-refractivity contribution < 1.29 is 19.1 Å². The average Bonchev–Trinajstić information content (AvgIpc) is 3.16. The van der Waals surface area contributed by atoms with Crippen molar-refractivity contribution in [3.63, 3.8) is 0 Å². The molecule has 0 radical (unpaired) electrons. The molecule has 0 atom stereocenters. The Bertz CT molecular complexity index is 695. The number of carbonyl (C=O) groups is 2. The van der Waals surface area contributed by atoms with Gasteiger partial charge < -0.3 is 14.8 Å². The highest BCUT2D eigenvalue weighted by Crippen LogP contribution is 2.48. The fraction of sp³-hybridized carbons (Fsp3) is 0.250. The maximum absolute atomic E-state index is 12.0. The molecule has 3 rings (SSSR count). The van der Waals surface area contributed by atoms with Crippen molar-refractivity contribution in [1.29, 1.82) is 0 Å². The lowest BCUT2D eigenvalue weighted by Gasteiger charge is -2.11. The van der Waals surface area contributed by atoms with Crippen LogP contribution in [0.1, 0.15) is 34.5 Å². The Balaban J connectivity index is 1.75. The van der Waals surface area contributed by atoms with Crippen LogP contribution in [0.4, 0.5) is 5.69 Å². The number of amides is 1. The minimum absolute atomic E-state index is 0.281. The number of carboxylic acids is 1. The van der Waals surface area contributed by atoms with E-state index in [1.54, 1.807) is 37.3 Å². The van der Waals surface area contributed by atoms with Gasteiger partial charge in [0.05, 0.1) is 11.7 Å². The van der Waals surface area contributed by atoms with Gasteiger partial charge in [-0.2, -0.15) is 0 Å². The molecule has 1 aromatic carbocycles. The molecule has 1 aliphatic carbocycles. The van der Waals surface area contributed by atoms with Crippen LogP contribution < -0.4 is 5.32 Å². The topological polar surface area (TPSA) is 79.5 Å². The molecular weight excluding hydrogens is 270 g/mol. The van der Waals surface area contributed by atoms with Crippen LogP contribution in [0, 0.1) is 6.92 Å². The average molecular weight is 285 g/mol. The Morgan fingerprint density at radius 2 is 1.86 bits per heavy atom. The summed E-state index contributed by atoms with van der Waals surface area (Å²) in [4.78, 5) is 23.3. The number of aliphatic carboxylic acids is 1. The molecular formula is C16H15NO4. The first-order valence-corrected chi connectivity index (χ1v) is 6.72. The zero-order valence-corrected chi connectivity index (χ0v) is 11.6. The Labute approximate surface area is 121 Å². The Morgan fingerprint density at radius 3 is 2.33 bits per heavy atom. The molecule has 1 aromatic heterocycles. The summed E-state index contributed by atoms with van der Waals surface area (Å²) in [6.07, 6.45) is 2.80. The standard InChI is InChI=1S/C16H15NO4/c1-10-6-9-21-13(10)14(18)17-12-4-2-11(3-5-12)16(7-8-16)15(19)20/h2-6,9H,7-8H2,1H3,(H,17,18)(H,19,20). The molecule has 0 bridgehead atoms. The predicted octanol–water partition coefficient (Wildman–Crippen LogP) is 2.96. The van der Waals surface area contributed by atoms with Gasteiger partial charge in [0.15, 0.2) is 5.76 Å². The predicted molar refractivity (Wildman–Crippen MR) is 76.4 cm³/mol. The SMILES string of the molecule is Cc1ccoc1C(=O)Nc1ccc(C2(C(=O)O)CC2)cc1. The monoisotopic (exact) mass is 285 g/mol. The van der Waals surface area contributed by atoms with E-state index < -0.39 is 11.4 Å². The number of carbonyl (C=O) groups excluding carboxylic acids is 1. The van der Waals surface area contributed by atoms with E-state index in [0.717, 1.165) is 11.1 Å². The van der Waals surface area contributed by atoms with Crippen LogP contribution >= 0.6 is 0 Å². The molecule has 0 aliphatic heterocycles. The molecule has 5 heteroatoms. The second kappa shape index (κ2) is 4.77. The zero-order valence-electron chi connectivity index (χ0n) is 11.6. The van der Waals surface area contributed by atoms with E-state index in [4.69, 9.17) is 4.42 Å². The van der Waals surface area contributed by atoms with Crippen LogP contribution in [-0.2, 0) is 10.2 Å². The number of benzene rings is 1. The largest absolute Gasteiger partial charge is 0.481 e. The minimum atomic E-state index is -0.787. The van der Waals surface area contributed by atoms with E-state index >= 15 is 0 Å². The quantitative estimate of drug-likeness (QED) is 0.905. The summed E-state index contributed by atoms with van der Waals surface area (Å²) in [6, 6.07) is 8.67. The molecule has 1 aliphatic rings. The van der Waals surface area contributed by atoms with Crippen LogP contribution in [0.5, 0.6) is 0 Å². The minimum Gasteiger partial charge on any atom is -0.481 e. The summed E-state index contributed by atoms with van der Waals surface area (Å²) < 4.78 is 5.13. The number of rotatable bonds is 4. The lowest BCUT2D eigenvalue weighted by molar-refractivity contribution is -0.140. The molecule has 2 N–H and O–H groups in total. The van der Waals surface area contributed by atoms with Gasteiger partial charge in [-0.25, -0.2) is 0 Å². The Kier molecular flexibility index (Phi) is 3.05. The third-order valence-electron chi connectivity index (χ3n) is 3.92. The molecule has 1 amide bonds. The summed E-state index contributed by atoms with van der Waals surface area (Å²) in [7, 11) is 0. The van der Waals surface area contributed by atoms with Crippen molar-refractivity contribution in [3.05, 3.63) is 53.5 Å². The highest BCUT2D eigenvalue weighted by Gasteiger charge is 2.51. The van der Waals surface area contributed by atoms with Gasteiger partial charge in [-0.3, -0.25) is 9.59 Å². The molecule has 21 heavy (non-hydrogen) atoms. The van der Waals surface area contributed by atoms with Crippen molar-refractivity contribution in [3.8, 4) is 0 Å². The second-order valence-electron chi connectivity index (χ2n) is 5.35. The third kappa shape index (κ3) is 2.31. The summed E-state index contributed by atoms with van der Waals surface area (Å²) >= 11 is 0. The van der Waals surface area contributed by atoms with Gasteiger partial charge in [-0.1, -0.05) is 12.1 Å². The normalized spacial score (nSPS) is 15.5. The number of nitrogens with one attached hydrogen (secondary N) is 1. The summed E-state index contributed by atoms with van der Waals surface area (Å²) in [5, 5.41) is 12.0. The molecule has 0 spiro atoms. The van der Waals surface area contributed by atoms with Crippen molar-refractivity contribution in [2.24, 2.45) is 0 Å². The maximum Gasteiger partial charge on any atom is 0.314 e. The summed E-state index contributed by atoms with van der Waals surface area (Å²) in [5.74, 6) is -0.821. The van der Waals surface area contributed by atoms with Gasteiger partial charge in [0.1, 0.15) is 0 Å². The number of aryl methyl sites for hydroxylation is 1. The fourth-order valence-corrected chi connectivity index (χ4v) is 2.42. The molecule has 0 unspecified atom stereocenters. The van der Waals surface area contributed by atoms with Gasteiger partial charge in [-0.15, -0.1) is 0 Å². The molecule has 0 saturated heterocycles. The third-order valence-corrected chi connectivity index (χ3v) is 3.92. The number of hydrogen-bond acceptors (Lipinski definition) is 3. The van der Waals surface area contributed by atoms with Crippen LogP contribution in [0.2, 0.25) is 0 Å². The first-order chi connectivity index (χ1) is 10.0. The maximum atomic E-state index is 12.0. The van der Waals surface area contributed by atoms with Crippen molar-refractivity contribution in [1.82, 2.24) is 0 Å². The van der Waals surface area contributed by atoms with Crippen LogP contribution in [0.15, 0.2) is 41.0 Å². The first-order valence-electron chi connectivity index (χ1n) is 6.72. The molecule has 1 fully saturated rings. The van der Waals surface area contributed by atoms with Crippen molar-refractivity contribution >= 4 is 17.6 Å². The second-order valence-corrected chi connectivity index (χ2v) is 5.35. The van der Waals surface area contributed by atoms with E-state index in [-0.39, 0.29) is 11.7 Å². The Morgan fingerprint density at radius 1 is 1.19 bits per heavy atom. The number of furan rings is 1. The molecule has 2 aromatic rings. The molecule has 1 saturated carbocycles. The first kappa shape index (κ1) is 13.4. The summed E-state index contributed by atoms with van der Waals surface area (Å²) in [5.41, 5.74) is 1.44. The van der Waals surface area contributed by atoms with E-state index in [1.807, 2.05) is 0 Å². The highest BCUT2D eigenvalue weighted by atomic mass is 16.4. The van der Waals surface area contributed by atoms with Crippen LogP contribution in [0.3, 0.4) is 0 Å². The van der Waals surface area contributed by atoms with E-state index in [9.17, 15) is 14.7 Å². The van der Waals surface area contributed by atoms with E-state index in [0.29, 0.717) is 18.5 Å². The highest BCUT2D eigenvalue weighted by molar-refractivity contribution is 6.03. The van der Waals surface area contributed by atoms with Gasteiger partial charge in [0, 0.05) is 11.3 Å².